The molecule has 2 aliphatic rings. The van der Waals surface area contributed by atoms with Crippen LogP contribution in [0.1, 0.15) is 41.7 Å². The number of thiazole rings is 1. The zero-order chi connectivity index (χ0) is 23.3. The van der Waals surface area contributed by atoms with E-state index in [9.17, 15) is 18.0 Å². The molecule has 13 heteroatoms. The van der Waals surface area contributed by atoms with Crippen LogP contribution in [-0.4, -0.2) is 67.6 Å². The Hall–Kier alpha value is -2.51. The molecular formula is C19H24F3N5O4S. The Kier molecular flexibility index (Phi) is 7.85. The van der Waals surface area contributed by atoms with Crippen LogP contribution in [0.4, 0.5) is 13.2 Å². The van der Waals surface area contributed by atoms with Gasteiger partial charge >= 0.3 is 12.1 Å². The average molecular weight is 475 g/mol. The molecule has 1 amide bonds. The first-order chi connectivity index (χ1) is 15.1. The molecular weight excluding hydrogens is 451 g/mol. The summed E-state index contributed by atoms with van der Waals surface area (Å²) in [6, 6.07) is 2.07. The van der Waals surface area contributed by atoms with Gasteiger partial charge in [0.2, 0.25) is 5.91 Å². The molecule has 4 heterocycles. The summed E-state index contributed by atoms with van der Waals surface area (Å²) in [5.41, 5.74) is 2.25. The number of carbonyl (C=O) groups excluding carboxylic acids is 1. The summed E-state index contributed by atoms with van der Waals surface area (Å²) in [5, 5.41) is 16.3. The first-order valence-electron chi connectivity index (χ1n) is 10.0. The fourth-order valence-electron chi connectivity index (χ4n) is 3.54. The maximum absolute atomic E-state index is 12.6. The highest BCUT2D eigenvalue weighted by molar-refractivity contribution is 7.09. The highest BCUT2D eigenvalue weighted by Crippen LogP contribution is 2.26. The van der Waals surface area contributed by atoms with E-state index in [-0.39, 0.29) is 11.9 Å². The largest absolute Gasteiger partial charge is 0.490 e. The third kappa shape index (κ3) is 6.50. The van der Waals surface area contributed by atoms with Gasteiger partial charge in [0, 0.05) is 37.8 Å². The molecule has 1 saturated heterocycles. The number of aromatic nitrogens is 3. The smallest absolute Gasteiger partial charge is 0.475 e. The minimum atomic E-state index is -5.08. The molecule has 32 heavy (non-hydrogen) atoms. The second kappa shape index (κ2) is 10.4. The van der Waals surface area contributed by atoms with Gasteiger partial charge in [0.25, 0.3) is 0 Å². The number of aryl methyl sites for hydroxylation is 1. The van der Waals surface area contributed by atoms with E-state index in [1.54, 1.807) is 11.3 Å². The molecule has 0 aromatic carbocycles. The highest BCUT2D eigenvalue weighted by atomic mass is 32.1. The minimum absolute atomic E-state index is 0.0384. The molecule has 0 aliphatic carbocycles. The van der Waals surface area contributed by atoms with Crippen molar-refractivity contribution in [2.75, 3.05) is 19.7 Å². The lowest BCUT2D eigenvalue weighted by Crippen LogP contribution is -2.42. The van der Waals surface area contributed by atoms with E-state index in [0.717, 1.165) is 48.9 Å². The normalized spacial score (nSPS) is 19.1. The Morgan fingerprint density at radius 3 is 2.69 bits per heavy atom. The summed E-state index contributed by atoms with van der Waals surface area (Å²) >= 11 is 1.68. The monoisotopic (exact) mass is 475 g/mol. The zero-order valence-corrected chi connectivity index (χ0v) is 18.2. The van der Waals surface area contributed by atoms with Gasteiger partial charge in [-0.05, 0) is 25.8 Å². The summed E-state index contributed by atoms with van der Waals surface area (Å²) in [6.07, 6.45) is -0.807. The van der Waals surface area contributed by atoms with Gasteiger partial charge in [-0.25, -0.2) is 14.8 Å². The summed E-state index contributed by atoms with van der Waals surface area (Å²) in [6.45, 7) is 5.80. The fourth-order valence-corrected chi connectivity index (χ4v) is 4.15. The summed E-state index contributed by atoms with van der Waals surface area (Å²) in [5.74, 6) is -2.70. The molecule has 2 aromatic heterocycles. The number of amides is 1. The van der Waals surface area contributed by atoms with Crippen molar-refractivity contribution in [3.05, 3.63) is 34.0 Å². The van der Waals surface area contributed by atoms with E-state index in [4.69, 9.17) is 14.7 Å². The van der Waals surface area contributed by atoms with Crippen molar-refractivity contribution in [2.24, 2.45) is 0 Å². The second-order valence-corrected chi connectivity index (χ2v) is 8.55. The summed E-state index contributed by atoms with van der Waals surface area (Å²) in [7, 11) is 0. The Labute approximate surface area is 186 Å². The van der Waals surface area contributed by atoms with Crippen LogP contribution >= 0.6 is 11.3 Å². The van der Waals surface area contributed by atoms with Gasteiger partial charge in [0.05, 0.1) is 35.5 Å². The first kappa shape index (κ1) is 24.1. The number of carboxylic acids is 1. The van der Waals surface area contributed by atoms with Crippen LogP contribution in [0.3, 0.4) is 0 Å². The Balaban J connectivity index is 0.000000360. The van der Waals surface area contributed by atoms with Crippen LogP contribution in [0.2, 0.25) is 0 Å². The minimum Gasteiger partial charge on any atom is -0.475 e. The van der Waals surface area contributed by atoms with Crippen molar-refractivity contribution >= 4 is 23.2 Å². The lowest BCUT2D eigenvalue weighted by Gasteiger charge is -2.34. The van der Waals surface area contributed by atoms with Crippen molar-refractivity contribution in [1.29, 1.82) is 0 Å². The SMILES string of the molecule is Cc1nc(CN2Cc3ccnn3C(CC(=O)N3CCCCO3)C2)cs1.O=C(O)C(F)(F)F. The number of fused-ring (bicyclic) bond motifs is 1. The molecule has 2 aliphatic heterocycles. The number of hydrogen-bond donors (Lipinski definition) is 1. The molecule has 0 bridgehead atoms. The molecule has 4 rings (SSSR count). The number of carboxylic acid groups (broad SMARTS) is 1. The fraction of sp³-hybridized carbons (Fsp3) is 0.579. The Morgan fingerprint density at radius 1 is 1.34 bits per heavy atom. The summed E-state index contributed by atoms with van der Waals surface area (Å²) < 4.78 is 33.7. The molecule has 0 radical (unpaired) electrons. The number of hydroxylamine groups is 2. The van der Waals surface area contributed by atoms with Crippen LogP contribution in [0.15, 0.2) is 17.6 Å². The highest BCUT2D eigenvalue weighted by Gasteiger charge is 2.38. The van der Waals surface area contributed by atoms with Crippen molar-refractivity contribution in [3.8, 4) is 0 Å². The Bertz CT molecular complexity index is 926. The van der Waals surface area contributed by atoms with E-state index in [1.165, 1.54) is 5.06 Å². The molecule has 1 unspecified atom stereocenters. The lowest BCUT2D eigenvalue weighted by atomic mass is 10.1. The van der Waals surface area contributed by atoms with Crippen molar-refractivity contribution in [1.82, 2.24) is 24.7 Å². The quantitative estimate of drug-likeness (QED) is 0.726. The molecule has 0 spiro atoms. The number of rotatable bonds is 4. The maximum Gasteiger partial charge on any atom is 0.490 e. The van der Waals surface area contributed by atoms with Crippen LogP contribution in [0.25, 0.3) is 0 Å². The van der Waals surface area contributed by atoms with Crippen molar-refractivity contribution < 1.29 is 32.7 Å². The molecule has 176 valence electrons. The number of nitrogens with zero attached hydrogens (tertiary/aromatic N) is 5. The third-order valence-corrected chi connectivity index (χ3v) is 5.76. The summed E-state index contributed by atoms with van der Waals surface area (Å²) in [4.78, 5) is 33.9. The van der Waals surface area contributed by atoms with E-state index in [2.05, 4.69) is 20.4 Å². The van der Waals surface area contributed by atoms with E-state index in [0.29, 0.717) is 19.6 Å². The van der Waals surface area contributed by atoms with Gasteiger partial charge in [0.1, 0.15) is 0 Å². The maximum atomic E-state index is 12.6. The van der Waals surface area contributed by atoms with Gasteiger partial charge in [-0.3, -0.25) is 19.2 Å². The number of alkyl halides is 3. The second-order valence-electron chi connectivity index (χ2n) is 7.49. The van der Waals surface area contributed by atoms with Crippen molar-refractivity contribution in [3.63, 3.8) is 0 Å². The molecule has 1 N–H and O–H groups in total. The van der Waals surface area contributed by atoms with Gasteiger partial charge < -0.3 is 5.11 Å². The van der Waals surface area contributed by atoms with Crippen molar-refractivity contribution in [2.45, 2.75) is 51.5 Å². The van der Waals surface area contributed by atoms with Gasteiger partial charge in [0.15, 0.2) is 0 Å². The number of aliphatic carboxylic acids is 1. The number of halogens is 3. The molecule has 2 aromatic rings. The molecule has 1 fully saturated rings. The number of hydrogen-bond acceptors (Lipinski definition) is 7. The zero-order valence-electron chi connectivity index (χ0n) is 17.4. The van der Waals surface area contributed by atoms with E-state index >= 15 is 0 Å². The third-order valence-electron chi connectivity index (χ3n) is 4.94. The van der Waals surface area contributed by atoms with Crippen LogP contribution in [0.5, 0.6) is 0 Å². The molecule has 9 nitrogen and oxygen atoms in total. The topological polar surface area (TPSA) is 101 Å². The first-order valence-corrected chi connectivity index (χ1v) is 10.9. The van der Waals surface area contributed by atoms with E-state index < -0.39 is 12.1 Å². The molecule has 0 saturated carbocycles. The van der Waals surface area contributed by atoms with Gasteiger partial charge in [-0.2, -0.15) is 18.3 Å². The van der Waals surface area contributed by atoms with Crippen LogP contribution < -0.4 is 0 Å². The number of carbonyl (C=O) groups is 2. The predicted octanol–water partition coefficient (Wildman–Crippen LogP) is 2.78. The standard InChI is InChI=1S/C17H23N5O2S.C2HF3O2/c1-13-19-14(12-25-13)9-20-10-15-4-5-18-22(15)16(11-20)8-17(23)21-6-2-3-7-24-21;3-2(4,5)1(6)7/h4-5,12,16H,2-3,6-11H2,1H3;(H,6,7). The van der Waals surface area contributed by atoms with Gasteiger partial charge in [-0.15, -0.1) is 11.3 Å². The molecule has 1 atom stereocenters. The van der Waals surface area contributed by atoms with Crippen LogP contribution in [-0.2, 0) is 27.5 Å². The Morgan fingerprint density at radius 2 is 2.09 bits per heavy atom. The average Bonchev–Trinajstić information content (AvgIpc) is 3.37. The van der Waals surface area contributed by atoms with Crippen LogP contribution in [0, 0.1) is 6.92 Å². The lowest BCUT2D eigenvalue weighted by molar-refractivity contribution is -0.198. The van der Waals surface area contributed by atoms with E-state index in [1.807, 2.05) is 23.9 Å². The predicted molar refractivity (Wildman–Crippen MR) is 107 cm³/mol. The van der Waals surface area contributed by atoms with Gasteiger partial charge in [-0.1, -0.05) is 0 Å².